The third kappa shape index (κ3) is 7.97. The number of piperidine rings is 1. The fourth-order valence-electron chi connectivity index (χ4n) is 2.96. The van der Waals surface area contributed by atoms with Crippen molar-refractivity contribution in [1.82, 2.24) is 9.88 Å². The van der Waals surface area contributed by atoms with Gasteiger partial charge < -0.3 is 15.1 Å². The highest BCUT2D eigenvalue weighted by Gasteiger charge is 2.25. The molecule has 0 aromatic carbocycles. The summed E-state index contributed by atoms with van der Waals surface area (Å²) in [5.41, 5.74) is 0.827. The minimum Gasteiger partial charge on any atom is -0.473 e. The Morgan fingerprint density at radius 2 is 2.26 bits per heavy atom. The average molecular weight is 391 g/mol. The number of carbonyl (C=O) groups is 2. The molecule has 2 atom stereocenters. The van der Waals surface area contributed by atoms with E-state index in [1.807, 2.05) is 41.3 Å². The predicted octanol–water partition coefficient (Wildman–Crippen LogP) is 3.28. The number of pyridine rings is 1. The summed E-state index contributed by atoms with van der Waals surface area (Å²) >= 11 is 0.871. The number of hydrogen-bond acceptors (Lipinski definition) is 5. The van der Waals surface area contributed by atoms with Crippen LogP contribution < -0.4 is 0 Å². The van der Waals surface area contributed by atoms with Crippen LogP contribution in [0.4, 0.5) is 4.79 Å². The molecule has 0 bridgehead atoms. The highest BCUT2D eigenvalue weighted by Crippen LogP contribution is 2.19. The first-order valence-electron chi connectivity index (χ1n) is 9.12. The Balaban J connectivity index is 1.85. The van der Waals surface area contributed by atoms with Crippen molar-refractivity contribution < 1.29 is 19.8 Å². The number of aromatic nitrogens is 1. The van der Waals surface area contributed by atoms with Crippen LogP contribution in [0.15, 0.2) is 48.7 Å². The van der Waals surface area contributed by atoms with E-state index in [2.05, 4.69) is 4.98 Å². The van der Waals surface area contributed by atoms with E-state index in [1.165, 1.54) is 0 Å². The van der Waals surface area contributed by atoms with Crippen LogP contribution in [0.2, 0.25) is 0 Å². The quantitative estimate of drug-likeness (QED) is 0.497. The smallest absolute Gasteiger partial charge is 0.364 e. The maximum Gasteiger partial charge on any atom is 0.364 e. The third-order valence-electron chi connectivity index (χ3n) is 4.29. The SMILES string of the molecule is O=C(O)SCCC=CCN1C(=O)CCC[C@@H]1C=CC(O)Cc1ccccn1. The normalized spacial score (nSPS) is 19.1. The molecule has 2 rings (SSSR count). The van der Waals surface area contributed by atoms with Gasteiger partial charge in [0.15, 0.2) is 0 Å². The molecule has 6 nitrogen and oxygen atoms in total. The van der Waals surface area contributed by atoms with Gasteiger partial charge in [0.2, 0.25) is 5.91 Å². The van der Waals surface area contributed by atoms with Gasteiger partial charge in [-0.3, -0.25) is 9.78 Å². The maximum absolute atomic E-state index is 12.3. The Morgan fingerprint density at radius 3 is 3.00 bits per heavy atom. The summed E-state index contributed by atoms with van der Waals surface area (Å²) in [4.78, 5) is 28.7. The highest BCUT2D eigenvalue weighted by molar-refractivity contribution is 8.13. The average Bonchev–Trinajstić information content (AvgIpc) is 2.65. The van der Waals surface area contributed by atoms with E-state index in [9.17, 15) is 14.7 Å². The maximum atomic E-state index is 12.3. The van der Waals surface area contributed by atoms with Gasteiger partial charge in [0.1, 0.15) is 0 Å². The molecule has 1 fully saturated rings. The molecule has 1 amide bonds. The van der Waals surface area contributed by atoms with Crippen LogP contribution in [0.3, 0.4) is 0 Å². The molecule has 7 heteroatoms. The lowest BCUT2D eigenvalue weighted by molar-refractivity contribution is -0.134. The second-order valence-corrected chi connectivity index (χ2v) is 7.40. The van der Waals surface area contributed by atoms with E-state index in [-0.39, 0.29) is 11.9 Å². The Bertz CT molecular complexity index is 663. The number of carbonyl (C=O) groups excluding carboxylic acids is 1. The van der Waals surface area contributed by atoms with Crippen molar-refractivity contribution in [2.45, 2.75) is 44.2 Å². The molecule has 1 aromatic rings. The Morgan fingerprint density at radius 1 is 1.41 bits per heavy atom. The summed E-state index contributed by atoms with van der Waals surface area (Å²) in [7, 11) is 0. The zero-order valence-electron chi connectivity index (χ0n) is 15.2. The fraction of sp³-hybridized carbons (Fsp3) is 0.450. The van der Waals surface area contributed by atoms with Gasteiger partial charge in [0, 0.05) is 37.0 Å². The Hall–Kier alpha value is -2.12. The standard InChI is InChI=1S/C20H26N2O4S/c23-18(15-16-7-2-3-12-21-16)11-10-17-8-6-9-19(24)22(17)13-4-1-5-14-27-20(25)26/h1-4,7,10-12,17-18,23H,5-6,8-9,13-15H2,(H,25,26)/t17-,18?/m1/s1. The molecule has 146 valence electrons. The van der Waals surface area contributed by atoms with Crippen molar-refractivity contribution in [2.24, 2.45) is 0 Å². The van der Waals surface area contributed by atoms with Gasteiger partial charge >= 0.3 is 5.30 Å². The highest BCUT2D eigenvalue weighted by atomic mass is 32.2. The van der Waals surface area contributed by atoms with Crippen LogP contribution >= 0.6 is 11.8 Å². The molecule has 1 aliphatic rings. The molecule has 1 saturated heterocycles. The van der Waals surface area contributed by atoms with Crippen LogP contribution in [0.1, 0.15) is 31.4 Å². The zero-order chi connectivity index (χ0) is 19.5. The molecule has 0 saturated carbocycles. The van der Waals surface area contributed by atoms with E-state index in [0.29, 0.717) is 31.6 Å². The van der Waals surface area contributed by atoms with E-state index >= 15 is 0 Å². The first kappa shape index (κ1) is 21.2. The number of aliphatic hydroxyl groups excluding tert-OH is 1. The first-order chi connectivity index (χ1) is 13.1. The second kappa shape index (κ2) is 11.6. The van der Waals surface area contributed by atoms with E-state index in [1.54, 1.807) is 12.3 Å². The molecule has 2 heterocycles. The van der Waals surface area contributed by atoms with Crippen molar-refractivity contribution in [2.75, 3.05) is 12.3 Å². The third-order valence-corrected chi connectivity index (χ3v) is 4.98. The molecule has 2 N–H and O–H groups in total. The van der Waals surface area contributed by atoms with Crippen LogP contribution in [0.5, 0.6) is 0 Å². The summed E-state index contributed by atoms with van der Waals surface area (Å²) in [6.07, 6.45) is 11.9. The predicted molar refractivity (Wildman–Crippen MR) is 107 cm³/mol. The van der Waals surface area contributed by atoms with Crippen molar-refractivity contribution >= 4 is 23.0 Å². The fourth-order valence-corrected chi connectivity index (χ4v) is 3.39. The number of allylic oxidation sites excluding steroid dienone is 1. The van der Waals surface area contributed by atoms with Crippen LogP contribution in [0, 0.1) is 0 Å². The topological polar surface area (TPSA) is 90.7 Å². The Labute approximate surface area is 164 Å². The molecule has 1 aromatic heterocycles. The molecule has 0 radical (unpaired) electrons. The number of rotatable bonds is 9. The molecule has 1 unspecified atom stereocenters. The van der Waals surface area contributed by atoms with E-state index in [0.717, 1.165) is 30.3 Å². The molecule has 27 heavy (non-hydrogen) atoms. The lowest BCUT2D eigenvalue weighted by Crippen LogP contribution is -2.42. The van der Waals surface area contributed by atoms with Gasteiger partial charge in [-0.2, -0.15) is 0 Å². The van der Waals surface area contributed by atoms with Crippen LogP contribution in [-0.2, 0) is 11.2 Å². The van der Waals surface area contributed by atoms with Crippen molar-refractivity contribution in [1.29, 1.82) is 0 Å². The van der Waals surface area contributed by atoms with Crippen LogP contribution in [-0.4, -0.2) is 55.7 Å². The largest absolute Gasteiger partial charge is 0.473 e. The van der Waals surface area contributed by atoms with Gasteiger partial charge in [-0.1, -0.05) is 30.4 Å². The zero-order valence-corrected chi connectivity index (χ0v) is 16.1. The number of thioether (sulfide) groups is 1. The molecular formula is C20H26N2O4S. The number of amides is 1. The van der Waals surface area contributed by atoms with Gasteiger partial charge in [0.05, 0.1) is 12.1 Å². The monoisotopic (exact) mass is 390 g/mol. The number of hydrogen-bond donors (Lipinski definition) is 2. The van der Waals surface area contributed by atoms with Gasteiger partial charge in [-0.25, -0.2) is 4.79 Å². The lowest BCUT2D eigenvalue weighted by Gasteiger charge is -2.33. The van der Waals surface area contributed by atoms with Gasteiger partial charge in [0.25, 0.3) is 0 Å². The van der Waals surface area contributed by atoms with Crippen LogP contribution in [0.25, 0.3) is 0 Å². The first-order valence-corrected chi connectivity index (χ1v) is 10.1. The summed E-state index contributed by atoms with van der Waals surface area (Å²) in [6.45, 7) is 0.502. The van der Waals surface area contributed by atoms with Crippen molar-refractivity contribution in [3.05, 3.63) is 54.4 Å². The van der Waals surface area contributed by atoms with E-state index in [4.69, 9.17) is 5.11 Å². The van der Waals surface area contributed by atoms with E-state index < -0.39 is 11.4 Å². The van der Waals surface area contributed by atoms with Gasteiger partial charge in [-0.15, -0.1) is 0 Å². The lowest BCUT2D eigenvalue weighted by atomic mass is 10.00. The number of carboxylic acid groups (broad SMARTS) is 1. The van der Waals surface area contributed by atoms with Crippen molar-refractivity contribution in [3.8, 4) is 0 Å². The Kier molecular flexibility index (Phi) is 9.07. The summed E-state index contributed by atoms with van der Waals surface area (Å²) in [6, 6.07) is 5.58. The number of aliphatic hydroxyl groups is 1. The number of nitrogens with zero attached hydrogens (tertiary/aromatic N) is 2. The summed E-state index contributed by atoms with van der Waals surface area (Å²) in [5.74, 6) is 0.628. The van der Waals surface area contributed by atoms with Gasteiger partial charge in [-0.05, 0) is 43.2 Å². The minimum atomic E-state index is -0.871. The summed E-state index contributed by atoms with van der Waals surface area (Å²) < 4.78 is 0. The summed E-state index contributed by atoms with van der Waals surface area (Å²) in [5, 5.41) is 17.9. The second-order valence-electron chi connectivity index (χ2n) is 6.36. The minimum absolute atomic E-state index is 0.0253. The van der Waals surface area contributed by atoms with Crippen molar-refractivity contribution in [3.63, 3.8) is 0 Å². The molecule has 0 spiro atoms. The molecule has 0 aliphatic carbocycles. The number of likely N-dealkylation sites (tertiary alicyclic amines) is 1. The molecule has 1 aliphatic heterocycles. The molecular weight excluding hydrogens is 364 g/mol.